The van der Waals surface area contributed by atoms with Crippen LogP contribution in [0.5, 0.6) is 0 Å². The molecule has 0 fully saturated rings. The number of esters is 1. The molecule has 0 aliphatic heterocycles. The molecule has 0 spiro atoms. The van der Waals surface area contributed by atoms with Crippen LogP contribution in [-0.4, -0.2) is 61.8 Å². The molecular formula is C23H29N5O8. The second-order valence-electron chi connectivity index (χ2n) is 8.67. The smallest absolute Gasteiger partial charge is 0.413 e. The number of aromatic nitrogens is 2. The van der Waals surface area contributed by atoms with Crippen molar-refractivity contribution < 1.29 is 33.8 Å². The Morgan fingerprint density at radius 2 is 1.81 bits per heavy atom. The number of carbonyl (C=O) groups is 4. The second kappa shape index (κ2) is 12.4. The number of rotatable bonds is 10. The Morgan fingerprint density at radius 3 is 2.39 bits per heavy atom. The van der Waals surface area contributed by atoms with Gasteiger partial charge in [-0.25, -0.2) is 15.0 Å². The van der Waals surface area contributed by atoms with E-state index in [4.69, 9.17) is 14.6 Å². The van der Waals surface area contributed by atoms with Gasteiger partial charge in [0.1, 0.15) is 37.2 Å². The number of benzene rings is 1. The maximum atomic E-state index is 12.7. The minimum atomic E-state index is -1.34. The largest absolute Gasteiger partial charge is 0.480 e. The zero-order valence-electron chi connectivity index (χ0n) is 20.4. The molecule has 194 valence electrons. The number of ether oxygens (including phenoxy) is 2. The second-order valence-corrected chi connectivity index (χ2v) is 8.67. The molecule has 2 amide bonds. The van der Waals surface area contributed by atoms with E-state index in [0.717, 1.165) is 10.1 Å². The summed E-state index contributed by atoms with van der Waals surface area (Å²) in [6.07, 6.45) is 0.378. The molecule has 3 N–H and O–H groups in total. The number of aliphatic carboxylic acids is 1. The molecule has 0 aliphatic carbocycles. The van der Waals surface area contributed by atoms with Crippen molar-refractivity contribution in [2.24, 2.45) is 0 Å². The molecule has 2 aromatic rings. The molecule has 13 heteroatoms. The third-order valence-electron chi connectivity index (χ3n) is 4.33. The lowest BCUT2D eigenvalue weighted by Crippen LogP contribution is -2.54. The number of amides is 2. The van der Waals surface area contributed by atoms with Gasteiger partial charge in [0.25, 0.3) is 5.91 Å². The lowest BCUT2D eigenvalue weighted by molar-refractivity contribution is -0.161. The van der Waals surface area contributed by atoms with E-state index in [-0.39, 0.29) is 12.4 Å². The van der Waals surface area contributed by atoms with Gasteiger partial charge in [0.15, 0.2) is 0 Å². The highest BCUT2D eigenvalue weighted by molar-refractivity contribution is 5.83. The summed E-state index contributed by atoms with van der Waals surface area (Å²) >= 11 is 0. The first-order valence-corrected chi connectivity index (χ1v) is 10.9. The van der Waals surface area contributed by atoms with Gasteiger partial charge in [0.05, 0.1) is 0 Å². The van der Waals surface area contributed by atoms with E-state index in [0.29, 0.717) is 5.01 Å². The van der Waals surface area contributed by atoms with Crippen LogP contribution >= 0.6 is 0 Å². The van der Waals surface area contributed by atoms with E-state index in [2.05, 4.69) is 15.7 Å². The zero-order chi connectivity index (χ0) is 26.9. The summed E-state index contributed by atoms with van der Waals surface area (Å²) in [6, 6.07) is 9.20. The van der Waals surface area contributed by atoms with Crippen LogP contribution in [0.2, 0.25) is 0 Å². The quantitative estimate of drug-likeness (QED) is 0.316. The Morgan fingerprint density at radius 1 is 1.14 bits per heavy atom. The highest BCUT2D eigenvalue weighted by Gasteiger charge is 2.26. The lowest BCUT2D eigenvalue weighted by Gasteiger charge is -2.27. The number of anilines is 1. The summed E-state index contributed by atoms with van der Waals surface area (Å²) in [7, 11) is 0. The van der Waals surface area contributed by atoms with E-state index < -0.39 is 54.4 Å². The number of hydrogen-bond donors (Lipinski definition) is 3. The molecule has 0 saturated heterocycles. The average Bonchev–Trinajstić information content (AvgIpc) is 2.78. The minimum absolute atomic E-state index is 0.0202. The van der Waals surface area contributed by atoms with Crippen LogP contribution < -0.4 is 16.4 Å². The van der Waals surface area contributed by atoms with Crippen LogP contribution in [0.15, 0.2) is 47.4 Å². The number of carboxylic acids is 1. The van der Waals surface area contributed by atoms with Gasteiger partial charge in [0, 0.05) is 6.20 Å². The number of nitrogens with one attached hydrogen (secondary N) is 2. The maximum absolute atomic E-state index is 12.7. The Labute approximate surface area is 207 Å². The molecule has 36 heavy (non-hydrogen) atoms. The van der Waals surface area contributed by atoms with Crippen molar-refractivity contribution in [3.05, 3.63) is 58.6 Å². The lowest BCUT2D eigenvalue weighted by atomic mass is 10.2. The summed E-state index contributed by atoms with van der Waals surface area (Å²) in [6.45, 7) is 5.07. The normalized spacial score (nSPS) is 11.8. The molecule has 0 bridgehead atoms. The topological polar surface area (TPSA) is 169 Å². The molecule has 1 atom stereocenters. The number of nitrogens with zero attached hydrogens (tertiary/aromatic N) is 3. The van der Waals surface area contributed by atoms with Gasteiger partial charge in [-0.3, -0.25) is 29.3 Å². The minimum Gasteiger partial charge on any atom is -0.480 e. The Kier molecular flexibility index (Phi) is 9.67. The van der Waals surface area contributed by atoms with Crippen LogP contribution in [0.3, 0.4) is 0 Å². The third kappa shape index (κ3) is 9.54. The third-order valence-corrected chi connectivity index (χ3v) is 4.33. The van der Waals surface area contributed by atoms with Gasteiger partial charge in [-0.1, -0.05) is 30.3 Å². The summed E-state index contributed by atoms with van der Waals surface area (Å²) in [5.41, 5.74) is 1.61. The van der Waals surface area contributed by atoms with Crippen molar-refractivity contribution in [3.8, 4) is 0 Å². The van der Waals surface area contributed by atoms with Crippen LogP contribution in [0, 0.1) is 0 Å². The number of hydrazine groups is 1. The molecule has 1 aromatic heterocycles. The summed E-state index contributed by atoms with van der Waals surface area (Å²) in [5, 5.41) is 12.2. The average molecular weight is 504 g/mol. The van der Waals surface area contributed by atoms with Crippen LogP contribution in [0.1, 0.15) is 33.3 Å². The standard InChI is InChI=1S/C23H29N5O8/c1-15(20(32)36-23(2,3)4)26-28(13-19(30)31)18(29)12-27-11-10-17(24-21(27)33)25-22(34)35-14-16-8-6-5-7-9-16/h5-11,15,26H,12-14H2,1-4H3,(H,30,31)(H,24,25,33,34). The van der Waals surface area contributed by atoms with E-state index >= 15 is 0 Å². The fourth-order valence-corrected chi connectivity index (χ4v) is 2.73. The number of carboxylic acid groups (broad SMARTS) is 1. The molecular weight excluding hydrogens is 474 g/mol. The summed E-state index contributed by atoms with van der Waals surface area (Å²) < 4.78 is 11.2. The van der Waals surface area contributed by atoms with Gasteiger partial charge in [0.2, 0.25) is 0 Å². The first-order chi connectivity index (χ1) is 16.8. The first kappa shape index (κ1) is 28.0. The first-order valence-electron chi connectivity index (χ1n) is 10.9. The van der Waals surface area contributed by atoms with Crippen molar-refractivity contribution in [1.82, 2.24) is 20.0 Å². The van der Waals surface area contributed by atoms with Crippen molar-refractivity contribution in [2.75, 3.05) is 11.9 Å². The zero-order valence-corrected chi connectivity index (χ0v) is 20.4. The molecule has 1 aromatic carbocycles. The summed E-state index contributed by atoms with van der Waals surface area (Å²) in [5.74, 6) is -2.95. The summed E-state index contributed by atoms with van der Waals surface area (Å²) in [4.78, 5) is 64.1. The molecule has 13 nitrogen and oxygen atoms in total. The van der Waals surface area contributed by atoms with Crippen molar-refractivity contribution >= 4 is 29.8 Å². The van der Waals surface area contributed by atoms with Crippen LogP contribution in [0.4, 0.5) is 10.6 Å². The molecule has 0 saturated carbocycles. The van der Waals surface area contributed by atoms with Crippen molar-refractivity contribution in [3.63, 3.8) is 0 Å². The predicted molar refractivity (Wildman–Crippen MR) is 127 cm³/mol. The molecule has 1 unspecified atom stereocenters. The molecule has 2 rings (SSSR count). The number of carbonyl (C=O) groups excluding carboxylic acids is 3. The number of hydrogen-bond acceptors (Lipinski definition) is 9. The fraction of sp³-hybridized carbons (Fsp3) is 0.391. The monoisotopic (exact) mass is 503 g/mol. The van der Waals surface area contributed by atoms with Gasteiger partial charge in [-0.2, -0.15) is 4.98 Å². The van der Waals surface area contributed by atoms with E-state index in [1.54, 1.807) is 45.0 Å². The fourth-order valence-electron chi connectivity index (χ4n) is 2.73. The maximum Gasteiger partial charge on any atom is 0.413 e. The molecule has 0 aliphatic rings. The highest BCUT2D eigenvalue weighted by Crippen LogP contribution is 2.09. The van der Waals surface area contributed by atoms with E-state index in [1.807, 2.05) is 6.07 Å². The Bertz CT molecular complexity index is 1140. The van der Waals surface area contributed by atoms with Gasteiger partial charge in [-0.05, 0) is 39.3 Å². The van der Waals surface area contributed by atoms with Crippen molar-refractivity contribution in [1.29, 1.82) is 0 Å². The van der Waals surface area contributed by atoms with E-state index in [1.165, 1.54) is 19.2 Å². The van der Waals surface area contributed by atoms with Crippen molar-refractivity contribution in [2.45, 2.75) is 52.5 Å². The Hall–Kier alpha value is -4.26. The molecule has 0 radical (unpaired) electrons. The SMILES string of the molecule is CC(NN(CC(=O)O)C(=O)Cn1ccc(NC(=O)OCc2ccccc2)nc1=O)C(=O)OC(C)(C)C. The van der Waals surface area contributed by atoms with Gasteiger partial charge in [-0.15, -0.1) is 0 Å². The Balaban J connectivity index is 2.00. The van der Waals surface area contributed by atoms with E-state index in [9.17, 15) is 24.0 Å². The van der Waals surface area contributed by atoms with Crippen LogP contribution in [0.25, 0.3) is 0 Å². The predicted octanol–water partition coefficient (Wildman–Crippen LogP) is 1.14. The van der Waals surface area contributed by atoms with Crippen LogP contribution in [-0.2, 0) is 37.0 Å². The van der Waals surface area contributed by atoms with Gasteiger partial charge < -0.3 is 14.6 Å². The highest BCUT2D eigenvalue weighted by atomic mass is 16.6. The van der Waals surface area contributed by atoms with Gasteiger partial charge >= 0.3 is 23.7 Å². The molecule has 1 heterocycles.